The number of nitrogens with zero attached hydrogens (tertiary/aromatic N) is 1. The van der Waals surface area contributed by atoms with Crippen molar-refractivity contribution in [1.82, 2.24) is 10.2 Å². The summed E-state index contributed by atoms with van der Waals surface area (Å²) in [6, 6.07) is 0.859. The average Bonchev–Trinajstić information content (AvgIpc) is 2.70. The van der Waals surface area contributed by atoms with Crippen LogP contribution in [-0.4, -0.2) is 37.1 Å². The molecular weight excluding hydrogens is 184 g/mol. The van der Waals surface area contributed by atoms with E-state index in [0.717, 1.165) is 17.9 Å². The topological polar surface area (TPSA) is 15.3 Å². The number of rotatable bonds is 1. The molecule has 0 aromatic heterocycles. The van der Waals surface area contributed by atoms with E-state index in [0.29, 0.717) is 0 Å². The number of hydrogen-bond acceptors (Lipinski definition) is 2. The van der Waals surface area contributed by atoms with Crippen molar-refractivity contribution in [3.63, 3.8) is 0 Å². The van der Waals surface area contributed by atoms with Gasteiger partial charge in [-0.2, -0.15) is 0 Å². The first-order chi connectivity index (χ1) is 7.43. The Balaban J connectivity index is 1.58. The zero-order chi connectivity index (χ0) is 10.1. The Labute approximate surface area is 93.4 Å². The van der Waals surface area contributed by atoms with Crippen LogP contribution in [0.1, 0.15) is 38.5 Å². The average molecular weight is 208 g/mol. The predicted molar refractivity (Wildman–Crippen MR) is 62.9 cm³/mol. The molecule has 2 saturated heterocycles. The highest BCUT2D eigenvalue weighted by Gasteiger charge is 2.38. The van der Waals surface area contributed by atoms with Gasteiger partial charge in [-0.25, -0.2) is 0 Å². The highest BCUT2D eigenvalue weighted by molar-refractivity contribution is 4.92. The van der Waals surface area contributed by atoms with Crippen LogP contribution in [0.3, 0.4) is 0 Å². The van der Waals surface area contributed by atoms with Crippen LogP contribution in [0.15, 0.2) is 0 Å². The molecule has 2 aliphatic heterocycles. The summed E-state index contributed by atoms with van der Waals surface area (Å²) in [7, 11) is 0. The van der Waals surface area contributed by atoms with Crippen molar-refractivity contribution in [2.45, 2.75) is 44.6 Å². The summed E-state index contributed by atoms with van der Waals surface area (Å²) in [5, 5.41) is 3.60. The fourth-order valence-electron chi connectivity index (χ4n) is 3.88. The summed E-state index contributed by atoms with van der Waals surface area (Å²) < 4.78 is 0. The Morgan fingerprint density at radius 2 is 1.67 bits per heavy atom. The second kappa shape index (κ2) is 4.42. The lowest BCUT2D eigenvalue weighted by Crippen LogP contribution is -2.40. The first-order valence-electron chi connectivity index (χ1n) is 6.88. The minimum atomic E-state index is 0.859. The van der Waals surface area contributed by atoms with Crippen molar-refractivity contribution in [3.8, 4) is 0 Å². The van der Waals surface area contributed by atoms with Crippen molar-refractivity contribution >= 4 is 0 Å². The molecule has 3 atom stereocenters. The van der Waals surface area contributed by atoms with Crippen LogP contribution in [0.4, 0.5) is 0 Å². The monoisotopic (exact) mass is 208 g/mol. The van der Waals surface area contributed by atoms with Gasteiger partial charge in [0.2, 0.25) is 0 Å². The van der Waals surface area contributed by atoms with Gasteiger partial charge in [-0.15, -0.1) is 0 Å². The molecule has 3 fully saturated rings. The molecule has 0 aromatic carbocycles. The van der Waals surface area contributed by atoms with E-state index in [1.54, 1.807) is 0 Å². The highest BCUT2D eigenvalue weighted by Crippen LogP contribution is 2.38. The van der Waals surface area contributed by atoms with Crippen molar-refractivity contribution in [1.29, 1.82) is 0 Å². The molecule has 1 N–H and O–H groups in total. The fourth-order valence-corrected chi connectivity index (χ4v) is 3.88. The molecule has 0 aromatic rings. The molecule has 3 unspecified atom stereocenters. The molecule has 15 heavy (non-hydrogen) atoms. The lowest BCUT2D eigenvalue weighted by Gasteiger charge is -2.27. The highest BCUT2D eigenvalue weighted by atomic mass is 15.2. The van der Waals surface area contributed by atoms with E-state index in [1.807, 2.05) is 0 Å². The maximum absolute atomic E-state index is 3.60. The van der Waals surface area contributed by atoms with Crippen LogP contribution in [0.25, 0.3) is 0 Å². The summed E-state index contributed by atoms with van der Waals surface area (Å²) in [6.07, 6.45) is 8.79. The zero-order valence-corrected chi connectivity index (χ0v) is 9.75. The van der Waals surface area contributed by atoms with Crippen LogP contribution in [-0.2, 0) is 0 Å². The lowest BCUT2D eigenvalue weighted by molar-refractivity contribution is 0.214. The van der Waals surface area contributed by atoms with E-state index in [2.05, 4.69) is 10.2 Å². The van der Waals surface area contributed by atoms with Gasteiger partial charge in [0.1, 0.15) is 0 Å². The number of nitrogens with one attached hydrogen (secondary N) is 1. The van der Waals surface area contributed by atoms with Crippen LogP contribution in [0, 0.1) is 11.8 Å². The van der Waals surface area contributed by atoms with Gasteiger partial charge in [-0.1, -0.05) is 12.8 Å². The molecule has 0 radical (unpaired) electrons. The van der Waals surface area contributed by atoms with Crippen molar-refractivity contribution < 1.29 is 0 Å². The second-order valence-electron chi connectivity index (χ2n) is 5.76. The second-order valence-corrected chi connectivity index (χ2v) is 5.76. The van der Waals surface area contributed by atoms with Crippen molar-refractivity contribution in [2.75, 3.05) is 26.2 Å². The van der Waals surface area contributed by atoms with Gasteiger partial charge in [0.25, 0.3) is 0 Å². The molecule has 0 amide bonds. The van der Waals surface area contributed by atoms with Crippen molar-refractivity contribution in [3.05, 3.63) is 0 Å². The molecule has 1 aliphatic carbocycles. The van der Waals surface area contributed by atoms with Crippen LogP contribution >= 0.6 is 0 Å². The van der Waals surface area contributed by atoms with Crippen molar-refractivity contribution in [2.24, 2.45) is 11.8 Å². The third kappa shape index (κ3) is 2.07. The van der Waals surface area contributed by atoms with Gasteiger partial charge in [-0.05, 0) is 44.1 Å². The largest absolute Gasteiger partial charge is 0.315 e. The minimum absolute atomic E-state index is 0.859. The van der Waals surface area contributed by atoms with Gasteiger partial charge in [0.05, 0.1) is 0 Å². The van der Waals surface area contributed by atoms with Gasteiger partial charge < -0.3 is 5.32 Å². The molecule has 2 heterocycles. The maximum Gasteiger partial charge on any atom is 0.0220 e. The zero-order valence-electron chi connectivity index (χ0n) is 9.75. The summed E-state index contributed by atoms with van der Waals surface area (Å²) >= 11 is 0. The van der Waals surface area contributed by atoms with Crippen LogP contribution < -0.4 is 5.32 Å². The Morgan fingerprint density at radius 3 is 2.47 bits per heavy atom. The summed E-state index contributed by atoms with van der Waals surface area (Å²) in [6.45, 7) is 5.32. The molecule has 2 heteroatoms. The first-order valence-corrected chi connectivity index (χ1v) is 6.88. The Hall–Kier alpha value is -0.0800. The smallest absolute Gasteiger partial charge is 0.0220 e. The normalized spacial score (nSPS) is 42.8. The van der Waals surface area contributed by atoms with Crippen LogP contribution in [0.2, 0.25) is 0 Å². The van der Waals surface area contributed by atoms with Gasteiger partial charge in [-0.3, -0.25) is 4.90 Å². The predicted octanol–water partition coefficient (Wildman–Crippen LogP) is 1.86. The summed E-state index contributed by atoms with van der Waals surface area (Å²) in [5.41, 5.74) is 0. The van der Waals surface area contributed by atoms with Gasteiger partial charge in [0.15, 0.2) is 0 Å². The molecule has 0 bridgehead atoms. The first kappa shape index (κ1) is 10.1. The van der Waals surface area contributed by atoms with E-state index >= 15 is 0 Å². The minimum Gasteiger partial charge on any atom is -0.315 e. The molecule has 3 rings (SSSR count). The van der Waals surface area contributed by atoms with E-state index < -0.39 is 0 Å². The number of fused-ring (bicyclic) bond motifs is 1. The third-order valence-electron chi connectivity index (χ3n) is 4.79. The summed E-state index contributed by atoms with van der Waals surface area (Å²) in [4.78, 5) is 2.80. The van der Waals surface area contributed by atoms with Gasteiger partial charge in [0, 0.05) is 25.7 Å². The van der Waals surface area contributed by atoms with E-state index in [9.17, 15) is 0 Å². The quantitative estimate of drug-likeness (QED) is 0.707. The van der Waals surface area contributed by atoms with E-state index in [-0.39, 0.29) is 0 Å². The molecular formula is C13H24N2. The maximum atomic E-state index is 3.60. The fraction of sp³-hybridized carbons (Fsp3) is 1.00. The Morgan fingerprint density at radius 1 is 0.867 bits per heavy atom. The standard InChI is InChI=1S/C13H24N2/c1-2-7-14-8-13(6-1)15-9-11-4-3-5-12(11)10-15/h11-14H,1-10H2. The Bertz CT molecular complexity index is 197. The van der Waals surface area contributed by atoms with Gasteiger partial charge >= 0.3 is 0 Å². The third-order valence-corrected chi connectivity index (χ3v) is 4.79. The molecule has 0 spiro atoms. The number of hydrogen-bond donors (Lipinski definition) is 1. The molecule has 1 saturated carbocycles. The Kier molecular flexibility index (Phi) is 2.98. The SMILES string of the molecule is C1CCC(N2CC3CCCC3C2)CNC1. The molecule has 86 valence electrons. The van der Waals surface area contributed by atoms with E-state index in [4.69, 9.17) is 0 Å². The van der Waals surface area contributed by atoms with Crippen LogP contribution in [0.5, 0.6) is 0 Å². The lowest BCUT2D eigenvalue weighted by atomic mass is 10.0. The summed E-state index contributed by atoms with van der Waals surface area (Å²) in [5.74, 6) is 2.13. The molecule has 3 aliphatic rings. The number of likely N-dealkylation sites (tertiary alicyclic amines) is 1. The molecule has 2 nitrogen and oxygen atoms in total. The van der Waals surface area contributed by atoms with E-state index in [1.165, 1.54) is 64.7 Å².